The van der Waals surface area contributed by atoms with Crippen molar-refractivity contribution in [3.05, 3.63) is 101 Å². The molecule has 0 aromatic heterocycles. The summed E-state index contributed by atoms with van der Waals surface area (Å²) in [5.74, 6) is -0.930. The molecule has 0 fully saturated rings. The van der Waals surface area contributed by atoms with Gasteiger partial charge >= 0.3 is 5.97 Å². The summed E-state index contributed by atoms with van der Waals surface area (Å²) in [5.41, 5.74) is 6.65. The fraction of sp³-hybridized carbons (Fsp3) is 0.222. The summed E-state index contributed by atoms with van der Waals surface area (Å²) in [5, 5.41) is 8.81. The van der Waals surface area contributed by atoms with Crippen LogP contribution in [-0.4, -0.2) is 11.1 Å². The topological polar surface area (TPSA) is 37.3 Å². The molecule has 1 N–H and O–H groups in total. The number of rotatable bonds is 6. The van der Waals surface area contributed by atoms with Gasteiger partial charge in [-0.2, -0.15) is 0 Å². The van der Waals surface area contributed by atoms with Gasteiger partial charge in [0.2, 0.25) is 0 Å². The molecule has 0 radical (unpaired) electrons. The predicted octanol–water partition coefficient (Wildman–Crippen LogP) is 7.14. The molecule has 0 aliphatic heterocycles. The minimum absolute atomic E-state index is 0.0439. The molecule has 0 atom stereocenters. The molecule has 0 aliphatic rings. The van der Waals surface area contributed by atoms with E-state index in [4.69, 9.17) is 5.11 Å². The second-order valence-corrected chi connectivity index (χ2v) is 8.27. The number of allylic oxidation sites excluding steroid dienone is 5. The first-order valence-electron chi connectivity index (χ1n) is 9.80. The first-order valence-corrected chi connectivity index (χ1v) is 9.80. The average Bonchev–Trinajstić information content (AvgIpc) is 2.65. The zero-order chi connectivity index (χ0) is 21.4. The van der Waals surface area contributed by atoms with E-state index in [-0.39, 0.29) is 5.41 Å². The summed E-state index contributed by atoms with van der Waals surface area (Å²) in [6.07, 6.45) is 11.2. The Hall–Kier alpha value is -3.13. The Labute approximate surface area is 174 Å². The lowest BCUT2D eigenvalue weighted by molar-refractivity contribution is -0.131. The van der Waals surface area contributed by atoms with Gasteiger partial charge in [0.25, 0.3) is 0 Å². The van der Waals surface area contributed by atoms with Crippen LogP contribution in [0.25, 0.3) is 17.7 Å². The van der Waals surface area contributed by atoms with Crippen LogP contribution in [-0.2, 0) is 10.2 Å². The normalized spacial score (nSPS) is 13.4. The minimum Gasteiger partial charge on any atom is -0.478 e. The number of carboxylic acid groups (broad SMARTS) is 1. The highest BCUT2D eigenvalue weighted by Crippen LogP contribution is 2.28. The van der Waals surface area contributed by atoms with Crippen molar-refractivity contribution in [2.45, 2.75) is 40.0 Å². The Morgan fingerprint density at radius 3 is 2.21 bits per heavy atom. The van der Waals surface area contributed by atoms with Crippen LogP contribution in [0.15, 0.2) is 78.4 Å². The van der Waals surface area contributed by atoms with Crippen molar-refractivity contribution in [3.8, 4) is 0 Å². The van der Waals surface area contributed by atoms with Gasteiger partial charge in [0, 0.05) is 6.08 Å². The van der Waals surface area contributed by atoms with E-state index >= 15 is 0 Å². The van der Waals surface area contributed by atoms with Crippen molar-refractivity contribution in [2.24, 2.45) is 0 Å². The summed E-state index contributed by atoms with van der Waals surface area (Å²) >= 11 is 0. The van der Waals surface area contributed by atoms with E-state index < -0.39 is 5.97 Å². The Bertz CT molecular complexity index is 965. The van der Waals surface area contributed by atoms with Gasteiger partial charge in [-0.1, -0.05) is 93.6 Å². The largest absolute Gasteiger partial charge is 0.478 e. The molecule has 2 aromatic carbocycles. The Kier molecular flexibility index (Phi) is 7.55. The molecule has 2 aromatic rings. The number of benzene rings is 2. The van der Waals surface area contributed by atoms with E-state index in [0.717, 1.165) is 16.7 Å². The van der Waals surface area contributed by atoms with Gasteiger partial charge in [-0.25, -0.2) is 4.79 Å². The molecule has 29 heavy (non-hydrogen) atoms. The zero-order valence-electron chi connectivity index (χ0n) is 17.9. The predicted molar refractivity (Wildman–Crippen MR) is 125 cm³/mol. The first kappa shape index (κ1) is 22.2. The standard InChI is InChI=1S/C27H30O2/c1-20(16-26(28)29)10-9-11-21(2)24-17-23(18-25(19-24)27(3,4)5)15-14-22-12-7-6-8-13-22/h6-19H,1-5H3,(H,28,29)/b10-9+,15-14+,20-16+,21-11+. The van der Waals surface area contributed by atoms with Crippen LogP contribution in [0.2, 0.25) is 0 Å². The molecule has 0 saturated carbocycles. The van der Waals surface area contributed by atoms with E-state index in [1.807, 2.05) is 30.4 Å². The second kappa shape index (κ2) is 9.88. The molecule has 150 valence electrons. The zero-order valence-corrected chi connectivity index (χ0v) is 17.9. The highest BCUT2D eigenvalue weighted by atomic mass is 16.4. The molecule has 2 rings (SSSR count). The number of carboxylic acids is 1. The van der Waals surface area contributed by atoms with Crippen LogP contribution in [0.5, 0.6) is 0 Å². The number of aliphatic carboxylic acids is 1. The average molecular weight is 387 g/mol. The van der Waals surface area contributed by atoms with E-state index in [0.29, 0.717) is 5.57 Å². The van der Waals surface area contributed by atoms with Crippen LogP contribution in [0.1, 0.15) is 56.9 Å². The highest BCUT2D eigenvalue weighted by Gasteiger charge is 2.15. The van der Waals surface area contributed by atoms with Gasteiger partial charge in [0.15, 0.2) is 0 Å². The molecule has 0 amide bonds. The summed E-state index contributed by atoms with van der Waals surface area (Å²) < 4.78 is 0. The third kappa shape index (κ3) is 7.42. The lowest BCUT2D eigenvalue weighted by Crippen LogP contribution is -2.11. The smallest absolute Gasteiger partial charge is 0.328 e. The summed E-state index contributed by atoms with van der Waals surface area (Å²) in [4.78, 5) is 10.7. The molecule has 0 spiro atoms. The summed E-state index contributed by atoms with van der Waals surface area (Å²) in [6.45, 7) is 10.5. The van der Waals surface area contributed by atoms with E-state index in [1.54, 1.807) is 13.0 Å². The van der Waals surface area contributed by atoms with Gasteiger partial charge in [-0.05, 0) is 58.7 Å². The van der Waals surface area contributed by atoms with Crippen molar-refractivity contribution in [1.29, 1.82) is 0 Å². The van der Waals surface area contributed by atoms with E-state index in [9.17, 15) is 4.79 Å². The molecule has 2 nitrogen and oxygen atoms in total. The SMILES string of the molecule is CC(/C=C/C=C(\C)c1cc(/C=C/c2ccccc2)cc(C(C)(C)C)c1)=C\C(=O)O. The van der Waals surface area contributed by atoms with Crippen LogP contribution >= 0.6 is 0 Å². The number of hydrogen-bond donors (Lipinski definition) is 1. The fourth-order valence-corrected chi connectivity index (χ4v) is 2.85. The second-order valence-electron chi connectivity index (χ2n) is 8.27. The first-order chi connectivity index (χ1) is 13.6. The minimum atomic E-state index is -0.930. The van der Waals surface area contributed by atoms with Gasteiger partial charge in [-0.15, -0.1) is 0 Å². The van der Waals surface area contributed by atoms with Crippen molar-refractivity contribution in [3.63, 3.8) is 0 Å². The van der Waals surface area contributed by atoms with Crippen molar-refractivity contribution < 1.29 is 9.90 Å². The third-order valence-corrected chi connectivity index (χ3v) is 4.60. The lowest BCUT2D eigenvalue weighted by atomic mass is 9.84. The quantitative estimate of drug-likeness (QED) is 0.325. The Morgan fingerprint density at radius 1 is 0.931 bits per heavy atom. The Balaban J connectivity index is 2.37. The molecular formula is C27H30O2. The van der Waals surface area contributed by atoms with Crippen LogP contribution in [0, 0.1) is 0 Å². The number of hydrogen-bond acceptors (Lipinski definition) is 1. The van der Waals surface area contributed by atoms with Crippen molar-refractivity contribution >= 4 is 23.7 Å². The maximum Gasteiger partial charge on any atom is 0.328 e. The molecule has 0 bridgehead atoms. The van der Waals surface area contributed by atoms with Gasteiger partial charge in [-0.3, -0.25) is 0 Å². The Morgan fingerprint density at radius 2 is 1.59 bits per heavy atom. The molecule has 0 unspecified atom stereocenters. The molecular weight excluding hydrogens is 356 g/mol. The van der Waals surface area contributed by atoms with Gasteiger partial charge in [0.05, 0.1) is 0 Å². The molecule has 0 saturated heterocycles. The van der Waals surface area contributed by atoms with Gasteiger partial charge < -0.3 is 5.11 Å². The summed E-state index contributed by atoms with van der Waals surface area (Å²) in [7, 11) is 0. The number of carbonyl (C=O) groups is 1. The monoisotopic (exact) mass is 386 g/mol. The third-order valence-electron chi connectivity index (χ3n) is 4.60. The van der Waals surface area contributed by atoms with E-state index in [2.05, 4.69) is 70.2 Å². The fourth-order valence-electron chi connectivity index (χ4n) is 2.85. The van der Waals surface area contributed by atoms with Crippen LogP contribution in [0.4, 0.5) is 0 Å². The molecule has 2 heteroatoms. The maximum absolute atomic E-state index is 10.7. The highest BCUT2D eigenvalue weighted by molar-refractivity contribution is 5.81. The van der Waals surface area contributed by atoms with Crippen LogP contribution in [0.3, 0.4) is 0 Å². The van der Waals surface area contributed by atoms with Crippen molar-refractivity contribution in [1.82, 2.24) is 0 Å². The molecule has 0 aliphatic carbocycles. The van der Waals surface area contributed by atoms with Gasteiger partial charge in [0.1, 0.15) is 0 Å². The van der Waals surface area contributed by atoms with Crippen LogP contribution < -0.4 is 0 Å². The lowest BCUT2D eigenvalue weighted by Gasteiger charge is -2.21. The van der Waals surface area contributed by atoms with E-state index in [1.165, 1.54) is 17.2 Å². The molecule has 0 heterocycles. The van der Waals surface area contributed by atoms with Crippen molar-refractivity contribution in [2.75, 3.05) is 0 Å². The summed E-state index contributed by atoms with van der Waals surface area (Å²) in [6, 6.07) is 16.9. The maximum atomic E-state index is 10.7.